The van der Waals surface area contributed by atoms with E-state index in [9.17, 15) is 4.79 Å². The quantitative estimate of drug-likeness (QED) is 0.460. The first-order valence-electron chi connectivity index (χ1n) is 10.5. The van der Waals surface area contributed by atoms with Crippen molar-refractivity contribution in [2.24, 2.45) is 0 Å². The van der Waals surface area contributed by atoms with Crippen LogP contribution >= 0.6 is 0 Å². The van der Waals surface area contributed by atoms with Gasteiger partial charge in [-0.25, -0.2) is 4.68 Å². The van der Waals surface area contributed by atoms with E-state index >= 15 is 0 Å². The van der Waals surface area contributed by atoms with Crippen LogP contribution in [-0.2, 0) is 11.3 Å². The van der Waals surface area contributed by atoms with Crippen LogP contribution in [0.5, 0.6) is 11.5 Å². The number of nitrogens with one attached hydrogen (secondary N) is 1. The average Bonchev–Trinajstić information content (AvgIpc) is 3.23. The van der Waals surface area contributed by atoms with E-state index in [2.05, 4.69) is 15.6 Å². The van der Waals surface area contributed by atoms with Gasteiger partial charge >= 0.3 is 0 Å². The second-order valence-corrected chi connectivity index (χ2v) is 7.01. The van der Waals surface area contributed by atoms with Gasteiger partial charge < -0.3 is 14.8 Å². The first-order valence-corrected chi connectivity index (χ1v) is 10.5. The molecule has 1 N–H and O–H groups in total. The Kier molecular flexibility index (Phi) is 8.22. The summed E-state index contributed by atoms with van der Waals surface area (Å²) in [7, 11) is 0. The van der Waals surface area contributed by atoms with Gasteiger partial charge in [-0.3, -0.25) is 4.79 Å². The molecule has 2 aromatic carbocycles. The standard InChI is InChI=1S/C24H28N4O3/c1-3-14-30-22-12-10-20(16-23(22)31-15-4-2)25-24(29)13-11-21-18-28(27-26-21)17-19-8-6-5-7-9-19/h5-13,16,18H,3-4,14-15,17H2,1-2H3,(H,25,29)/b13-11+. The predicted molar refractivity (Wildman–Crippen MR) is 121 cm³/mol. The minimum atomic E-state index is -0.263. The largest absolute Gasteiger partial charge is 0.490 e. The molecular weight excluding hydrogens is 392 g/mol. The van der Waals surface area contributed by atoms with Crippen LogP contribution in [0.4, 0.5) is 5.69 Å². The van der Waals surface area contributed by atoms with Gasteiger partial charge in [-0.05, 0) is 36.6 Å². The molecule has 0 saturated carbocycles. The molecule has 0 fully saturated rings. The molecule has 0 bridgehead atoms. The number of rotatable bonds is 11. The number of carbonyl (C=O) groups excluding carboxylic acids is 1. The van der Waals surface area contributed by atoms with Crippen molar-refractivity contribution in [3.05, 3.63) is 72.1 Å². The summed E-state index contributed by atoms with van der Waals surface area (Å²) >= 11 is 0. The van der Waals surface area contributed by atoms with E-state index in [1.807, 2.05) is 50.2 Å². The van der Waals surface area contributed by atoms with Crippen molar-refractivity contribution < 1.29 is 14.3 Å². The fourth-order valence-corrected chi connectivity index (χ4v) is 2.82. The van der Waals surface area contributed by atoms with Crippen molar-refractivity contribution in [1.29, 1.82) is 0 Å². The maximum absolute atomic E-state index is 12.3. The number of aromatic nitrogens is 3. The highest BCUT2D eigenvalue weighted by molar-refractivity contribution is 6.01. The molecular formula is C24H28N4O3. The second kappa shape index (κ2) is 11.5. The number of anilines is 1. The molecule has 3 aromatic rings. The third kappa shape index (κ3) is 6.99. The van der Waals surface area contributed by atoms with Gasteiger partial charge in [-0.15, -0.1) is 5.10 Å². The zero-order valence-corrected chi connectivity index (χ0v) is 18.0. The van der Waals surface area contributed by atoms with E-state index in [4.69, 9.17) is 9.47 Å². The highest BCUT2D eigenvalue weighted by Gasteiger charge is 2.08. The van der Waals surface area contributed by atoms with Crippen LogP contribution in [0, 0.1) is 0 Å². The maximum Gasteiger partial charge on any atom is 0.248 e. The van der Waals surface area contributed by atoms with Crippen molar-refractivity contribution in [2.45, 2.75) is 33.2 Å². The molecule has 1 amide bonds. The Morgan fingerprint density at radius 2 is 1.77 bits per heavy atom. The average molecular weight is 421 g/mol. The SMILES string of the molecule is CCCOc1ccc(NC(=O)/C=C/c2cn(Cc3ccccc3)nn2)cc1OCCC. The van der Waals surface area contributed by atoms with Gasteiger partial charge in [-0.1, -0.05) is 49.4 Å². The molecule has 0 aliphatic heterocycles. The summed E-state index contributed by atoms with van der Waals surface area (Å²) in [6.07, 6.45) is 6.67. The van der Waals surface area contributed by atoms with E-state index in [-0.39, 0.29) is 5.91 Å². The number of nitrogens with zero attached hydrogens (tertiary/aromatic N) is 3. The van der Waals surface area contributed by atoms with E-state index in [1.165, 1.54) is 6.08 Å². The molecule has 0 spiro atoms. The fourth-order valence-electron chi connectivity index (χ4n) is 2.82. The Balaban J connectivity index is 1.60. The van der Waals surface area contributed by atoms with E-state index in [0.29, 0.717) is 42.6 Å². The summed E-state index contributed by atoms with van der Waals surface area (Å²) in [5.41, 5.74) is 2.38. The number of hydrogen-bond donors (Lipinski definition) is 1. The first-order chi connectivity index (χ1) is 15.2. The lowest BCUT2D eigenvalue weighted by Crippen LogP contribution is -2.08. The molecule has 0 radical (unpaired) electrons. The summed E-state index contributed by atoms with van der Waals surface area (Å²) in [5, 5.41) is 11.0. The minimum absolute atomic E-state index is 0.263. The molecule has 0 unspecified atom stereocenters. The Labute approximate surface area is 182 Å². The van der Waals surface area contributed by atoms with Crippen molar-refractivity contribution in [3.63, 3.8) is 0 Å². The molecule has 0 atom stereocenters. The van der Waals surface area contributed by atoms with Gasteiger partial charge in [0.15, 0.2) is 11.5 Å². The van der Waals surface area contributed by atoms with Gasteiger partial charge in [0.2, 0.25) is 5.91 Å². The molecule has 7 nitrogen and oxygen atoms in total. The topological polar surface area (TPSA) is 78.3 Å². The van der Waals surface area contributed by atoms with Crippen LogP contribution in [0.15, 0.2) is 60.8 Å². The molecule has 7 heteroatoms. The molecule has 1 heterocycles. The summed E-state index contributed by atoms with van der Waals surface area (Å²) in [6, 6.07) is 15.4. The minimum Gasteiger partial charge on any atom is -0.490 e. The zero-order valence-electron chi connectivity index (χ0n) is 18.0. The van der Waals surface area contributed by atoms with Crippen LogP contribution in [0.3, 0.4) is 0 Å². The first kappa shape index (κ1) is 22.1. The van der Waals surface area contributed by atoms with Gasteiger partial charge in [-0.2, -0.15) is 0 Å². The lowest BCUT2D eigenvalue weighted by molar-refractivity contribution is -0.111. The monoisotopic (exact) mass is 420 g/mol. The van der Waals surface area contributed by atoms with Crippen molar-refractivity contribution in [3.8, 4) is 11.5 Å². The van der Waals surface area contributed by atoms with E-state index in [1.54, 1.807) is 29.1 Å². The Hall–Kier alpha value is -3.61. The summed E-state index contributed by atoms with van der Waals surface area (Å²) in [5.74, 6) is 1.04. The molecule has 0 saturated heterocycles. The third-order valence-electron chi connectivity index (χ3n) is 4.28. The van der Waals surface area contributed by atoms with Gasteiger partial charge in [0.1, 0.15) is 5.69 Å². The molecule has 31 heavy (non-hydrogen) atoms. The van der Waals surface area contributed by atoms with Crippen LogP contribution in [-0.4, -0.2) is 34.1 Å². The number of benzene rings is 2. The molecule has 0 aliphatic carbocycles. The zero-order chi connectivity index (χ0) is 21.9. The smallest absolute Gasteiger partial charge is 0.248 e. The maximum atomic E-state index is 12.3. The van der Waals surface area contributed by atoms with Crippen LogP contribution in [0.1, 0.15) is 37.9 Å². The predicted octanol–water partition coefficient (Wildman–Crippen LogP) is 4.56. The number of amides is 1. The number of hydrogen-bond acceptors (Lipinski definition) is 5. The Morgan fingerprint density at radius 3 is 2.52 bits per heavy atom. The molecule has 3 rings (SSSR count). The van der Waals surface area contributed by atoms with Gasteiger partial charge in [0.25, 0.3) is 0 Å². The highest BCUT2D eigenvalue weighted by atomic mass is 16.5. The number of carbonyl (C=O) groups is 1. The van der Waals surface area contributed by atoms with Crippen molar-refractivity contribution in [1.82, 2.24) is 15.0 Å². The molecule has 162 valence electrons. The molecule has 0 aliphatic rings. The lowest BCUT2D eigenvalue weighted by atomic mass is 10.2. The van der Waals surface area contributed by atoms with Gasteiger partial charge in [0.05, 0.1) is 26.0 Å². The van der Waals surface area contributed by atoms with Crippen molar-refractivity contribution in [2.75, 3.05) is 18.5 Å². The number of ether oxygens (including phenoxy) is 2. The Morgan fingerprint density at radius 1 is 1.03 bits per heavy atom. The van der Waals surface area contributed by atoms with Crippen LogP contribution in [0.2, 0.25) is 0 Å². The normalized spacial score (nSPS) is 10.9. The fraction of sp³-hybridized carbons (Fsp3) is 0.292. The van der Waals surface area contributed by atoms with Crippen molar-refractivity contribution >= 4 is 17.7 Å². The summed E-state index contributed by atoms with van der Waals surface area (Å²) in [6.45, 7) is 5.91. The van der Waals surface area contributed by atoms with Gasteiger partial charge in [0, 0.05) is 17.8 Å². The third-order valence-corrected chi connectivity index (χ3v) is 4.28. The van der Waals surface area contributed by atoms with E-state index in [0.717, 1.165) is 18.4 Å². The second-order valence-electron chi connectivity index (χ2n) is 7.01. The lowest BCUT2D eigenvalue weighted by Gasteiger charge is -2.13. The summed E-state index contributed by atoms with van der Waals surface area (Å²) in [4.78, 5) is 12.3. The van der Waals surface area contributed by atoms with E-state index < -0.39 is 0 Å². The highest BCUT2D eigenvalue weighted by Crippen LogP contribution is 2.31. The summed E-state index contributed by atoms with van der Waals surface area (Å²) < 4.78 is 13.2. The van der Waals surface area contributed by atoms with Crippen LogP contribution < -0.4 is 14.8 Å². The Bertz CT molecular complexity index is 999. The molecule has 1 aromatic heterocycles. The van der Waals surface area contributed by atoms with Crippen LogP contribution in [0.25, 0.3) is 6.08 Å².